The molecule has 17 nitrogen and oxygen atoms in total. The number of rotatable bonds is 74. The maximum atomic E-state index is 13.1. The van der Waals surface area contributed by atoms with Gasteiger partial charge in [-0.1, -0.05) is 338 Å². The Morgan fingerprint density at radius 2 is 0.500 bits per heavy atom. The molecule has 0 rings (SSSR count). The van der Waals surface area contributed by atoms with Crippen molar-refractivity contribution >= 4 is 39.5 Å². The highest BCUT2D eigenvalue weighted by atomic mass is 31.2. The van der Waals surface area contributed by atoms with Crippen molar-refractivity contribution in [2.75, 3.05) is 39.6 Å². The standard InChI is InChI=1S/C77H150O17P2/c1-9-69(7)55-47-39-30-24-18-13-11-12-14-19-27-33-43-51-59-76(81)93-72(63-87-74(79)57-49-41-32-26-22-21-25-31-40-48-56-70(8)10-2)65-91-95(83,84)89-61-71(78)62-90-96(85,86)92-66-73(64-88-75(80)58-50-42-36-35-38-46-54-68(5)6)94-77(82)60-52-44-34-28-20-16-15-17-23-29-37-45-53-67(3)4/h67-73,78H,9-66H2,1-8H3,(H,83,84)(H,85,86)/t69?,70?,71-,72-,73-/m1/s1. The van der Waals surface area contributed by atoms with E-state index in [9.17, 15) is 43.2 Å². The summed E-state index contributed by atoms with van der Waals surface area (Å²) in [7, 11) is -9.92. The number of esters is 4. The van der Waals surface area contributed by atoms with Gasteiger partial charge < -0.3 is 33.8 Å². The fourth-order valence-electron chi connectivity index (χ4n) is 11.7. The molecule has 19 heteroatoms. The Labute approximate surface area is 588 Å². The number of phosphoric acid groups is 2. The van der Waals surface area contributed by atoms with Crippen LogP contribution in [-0.4, -0.2) is 96.7 Å². The summed E-state index contributed by atoms with van der Waals surface area (Å²) in [5.74, 6) is 0.991. The lowest BCUT2D eigenvalue weighted by molar-refractivity contribution is -0.161. The lowest BCUT2D eigenvalue weighted by Gasteiger charge is -2.21. The van der Waals surface area contributed by atoms with Gasteiger partial charge in [0.05, 0.1) is 26.4 Å². The maximum absolute atomic E-state index is 13.1. The minimum Gasteiger partial charge on any atom is -0.462 e. The normalized spacial score (nSPS) is 14.7. The summed E-state index contributed by atoms with van der Waals surface area (Å²) in [4.78, 5) is 72.8. The molecule has 0 saturated heterocycles. The molecule has 0 amide bonds. The lowest BCUT2D eigenvalue weighted by atomic mass is 9.99. The van der Waals surface area contributed by atoms with Crippen LogP contribution in [0.2, 0.25) is 0 Å². The first kappa shape index (κ1) is 94.1. The zero-order chi connectivity index (χ0) is 71.0. The predicted octanol–water partition coefficient (Wildman–Crippen LogP) is 22.4. The van der Waals surface area contributed by atoms with E-state index in [0.717, 1.165) is 114 Å². The van der Waals surface area contributed by atoms with Crippen LogP contribution >= 0.6 is 15.6 Å². The summed E-state index contributed by atoms with van der Waals surface area (Å²) in [5, 5.41) is 10.6. The van der Waals surface area contributed by atoms with Crippen molar-refractivity contribution in [3.05, 3.63) is 0 Å². The average Bonchev–Trinajstić information content (AvgIpc) is 1.61. The van der Waals surface area contributed by atoms with E-state index in [2.05, 4.69) is 55.4 Å². The van der Waals surface area contributed by atoms with Crippen molar-refractivity contribution < 1.29 is 80.2 Å². The number of carbonyl (C=O) groups excluding carboxylic acids is 4. The van der Waals surface area contributed by atoms with E-state index in [0.29, 0.717) is 31.6 Å². The fourth-order valence-corrected chi connectivity index (χ4v) is 13.2. The van der Waals surface area contributed by atoms with Gasteiger partial charge in [-0.3, -0.25) is 37.3 Å². The molecule has 0 heterocycles. The topological polar surface area (TPSA) is 237 Å². The summed E-state index contributed by atoms with van der Waals surface area (Å²) in [5.41, 5.74) is 0. The van der Waals surface area contributed by atoms with Gasteiger partial charge in [-0.05, 0) is 49.4 Å². The van der Waals surface area contributed by atoms with Gasteiger partial charge in [0, 0.05) is 25.7 Å². The average molecular weight is 1410 g/mol. The Kier molecular flexibility index (Phi) is 65.0. The highest BCUT2D eigenvalue weighted by molar-refractivity contribution is 7.47. The quantitative estimate of drug-likeness (QED) is 0.0222. The first-order chi connectivity index (χ1) is 46.2. The first-order valence-electron chi connectivity index (χ1n) is 39.8. The fraction of sp³-hybridized carbons (Fsp3) is 0.948. The van der Waals surface area contributed by atoms with Crippen LogP contribution in [0.1, 0.15) is 389 Å². The molecule has 0 spiro atoms. The minimum absolute atomic E-state index is 0.105. The number of phosphoric ester groups is 2. The molecule has 3 N–H and O–H groups in total. The van der Waals surface area contributed by atoms with E-state index in [4.69, 9.17) is 37.0 Å². The zero-order valence-corrected chi connectivity index (χ0v) is 64.8. The second-order valence-corrected chi connectivity index (χ2v) is 32.1. The lowest BCUT2D eigenvalue weighted by Crippen LogP contribution is -2.30. The Morgan fingerprint density at radius 1 is 0.292 bits per heavy atom. The number of hydrogen-bond donors (Lipinski definition) is 3. The van der Waals surface area contributed by atoms with Crippen LogP contribution < -0.4 is 0 Å². The van der Waals surface area contributed by atoms with Crippen molar-refractivity contribution in [2.24, 2.45) is 23.7 Å². The van der Waals surface area contributed by atoms with Crippen molar-refractivity contribution in [2.45, 2.75) is 408 Å². The highest BCUT2D eigenvalue weighted by Crippen LogP contribution is 2.45. The number of aliphatic hydroxyl groups is 1. The summed E-state index contributed by atoms with van der Waals surface area (Å²) in [6.07, 6.45) is 51.3. The monoisotopic (exact) mass is 1410 g/mol. The molecule has 4 unspecified atom stereocenters. The van der Waals surface area contributed by atoms with E-state index in [-0.39, 0.29) is 25.7 Å². The van der Waals surface area contributed by atoms with Gasteiger partial charge in [-0.2, -0.15) is 0 Å². The van der Waals surface area contributed by atoms with Crippen LogP contribution in [0.3, 0.4) is 0 Å². The largest absolute Gasteiger partial charge is 0.472 e. The third kappa shape index (κ3) is 67.9. The van der Waals surface area contributed by atoms with E-state index >= 15 is 0 Å². The van der Waals surface area contributed by atoms with Gasteiger partial charge in [0.25, 0.3) is 0 Å². The molecule has 0 aromatic carbocycles. The predicted molar refractivity (Wildman–Crippen MR) is 391 cm³/mol. The van der Waals surface area contributed by atoms with Crippen LogP contribution in [0.4, 0.5) is 0 Å². The SMILES string of the molecule is CCC(C)CCCCCCCCCCCCCCCCC(=O)O[C@H](COC(=O)CCCCCCCCCCCCC(C)CC)COP(=O)(O)OC[C@@H](O)COP(=O)(O)OC[C@@H](COC(=O)CCCCCCCCC(C)C)OC(=O)CCCCCCCCCCCCCCC(C)C. The molecular weight excluding hydrogens is 1260 g/mol. The molecule has 570 valence electrons. The second-order valence-electron chi connectivity index (χ2n) is 29.2. The van der Waals surface area contributed by atoms with E-state index in [1.165, 1.54) is 186 Å². The number of hydrogen-bond acceptors (Lipinski definition) is 15. The molecule has 0 aliphatic rings. The van der Waals surface area contributed by atoms with Crippen molar-refractivity contribution in [1.82, 2.24) is 0 Å². The summed E-state index contributed by atoms with van der Waals surface area (Å²) < 4.78 is 68.6. The Bertz CT molecular complexity index is 1890. The van der Waals surface area contributed by atoms with Crippen LogP contribution in [0, 0.1) is 23.7 Å². The molecule has 0 aliphatic heterocycles. The smallest absolute Gasteiger partial charge is 0.462 e. The van der Waals surface area contributed by atoms with E-state index in [1.807, 2.05) is 0 Å². The van der Waals surface area contributed by atoms with E-state index < -0.39 is 97.5 Å². The van der Waals surface area contributed by atoms with Gasteiger partial charge >= 0.3 is 39.5 Å². The van der Waals surface area contributed by atoms with Crippen molar-refractivity contribution in [3.63, 3.8) is 0 Å². The molecule has 0 aromatic rings. The summed E-state index contributed by atoms with van der Waals surface area (Å²) >= 11 is 0. The third-order valence-electron chi connectivity index (χ3n) is 18.5. The Morgan fingerprint density at radius 3 is 0.740 bits per heavy atom. The maximum Gasteiger partial charge on any atom is 0.472 e. The molecule has 0 saturated carbocycles. The third-order valence-corrected chi connectivity index (χ3v) is 20.4. The van der Waals surface area contributed by atoms with Crippen LogP contribution in [0.15, 0.2) is 0 Å². The van der Waals surface area contributed by atoms with Crippen molar-refractivity contribution in [3.8, 4) is 0 Å². The number of unbranched alkanes of at least 4 members (excludes halogenated alkanes) is 38. The van der Waals surface area contributed by atoms with Gasteiger partial charge in [0.1, 0.15) is 19.3 Å². The molecular formula is C77H150O17P2. The number of ether oxygens (including phenoxy) is 4. The van der Waals surface area contributed by atoms with Crippen LogP contribution in [0.5, 0.6) is 0 Å². The summed E-state index contributed by atoms with van der Waals surface area (Å²) in [6, 6.07) is 0. The number of aliphatic hydroxyl groups excluding tert-OH is 1. The summed E-state index contributed by atoms with van der Waals surface area (Å²) in [6.45, 7) is 14.2. The first-order valence-corrected chi connectivity index (χ1v) is 42.8. The van der Waals surface area contributed by atoms with Gasteiger partial charge in [-0.25, -0.2) is 9.13 Å². The highest BCUT2D eigenvalue weighted by Gasteiger charge is 2.30. The molecule has 0 bridgehead atoms. The van der Waals surface area contributed by atoms with Crippen molar-refractivity contribution in [1.29, 1.82) is 0 Å². The van der Waals surface area contributed by atoms with Gasteiger partial charge in [0.2, 0.25) is 0 Å². The number of carbonyl (C=O) groups is 4. The minimum atomic E-state index is -4.96. The molecule has 96 heavy (non-hydrogen) atoms. The molecule has 0 aromatic heterocycles. The van der Waals surface area contributed by atoms with E-state index in [1.54, 1.807) is 0 Å². The zero-order valence-electron chi connectivity index (χ0n) is 63.0. The Balaban J connectivity index is 5.25. The van der Waals surface area contributed by atoms with Crippen LogP contribution in [-0.2, 0) is 65.4 Å². The van der Waals surface area contributed by atoms with Gasteiger partial charge in [-0.15, -0.1) is 0 Å². The van der Waals surface area contributed by atoms with Gasteiger partial charge in [0.15, 0.2) is 12.2 Å². The van der Waals surface area contributed by atoms with Crippen LogP contribution in [0.25, 0.3) is 0 Å². The Hall–Kier alpha value is -1.94. The molecule has 0 radical (unpaired) electrons. The second kappa shape index (κ2) is 66.3. The molecule has 0 aliphatic carbocycles. The molecule has 0 fully saturated rings. The molecule has 7 atom stereocenters.